The molecule has 6 rings (SSSR count). The van der Waals surface area contributed by atoms with Crippen LogP contribution in [0.4, 0.5) is 11.4 Å². The van der Waals surface area contributed by atoms with Gasteiger partial charge in [-0.3, -0.25) is 0 Å². The number of allylic oxidation sites excluding steroid dienone is 2. The van der Waals surface area contributed by atoms with Crippen LogP contribution in [0.1, 0.15) is 38.9 Å². The van der Waals surface area contributed by atoms with E-state index in [9.17, 15) is 0 Å². The van der Waals surface area contributed by atoms with Crippen molar-refractivity contribution in [3.05, 3.63) is 111 Å². The van der Waals surface area contributed by atoms with Crippen molar-refractivity contribution in [3.8, 4) is 5.75 Å². The van der Waals surface area contributed by atoms with Crippen LogP contribution < -0.4 is 14.5 Å². The van der Waals surface area contributed by atoms with Crippen LogP contribution in [0.5, 0.6) is 5.75 Å². The predicted molar refractivity (Wildman–Crippen MR) is 188 cm³/mol. The van der Waals surface area contributed by atoms with Crippen molar-refractivity contribution in [2.75, 3.05) is 44.1 Å². The number of rotatable bonds is 9. The van der Waals surface area contributed by atoms with Gasteiger partial charge in [0.15, 0.2) is 0 Å². The van der Waals surface area contributed by atoms with Crippen LogP contribution in [0, 0.1) is 0 Å². The molecule has 5 aromatic rings. The van der Waals surface area contributed by atoms with E-state index in [0.29, 0.717) is 0 Å². The summed E-state index contributed by atoms with van der Waals surface area (Å²) in [5, 5.41) is 0. The smallest absolute Gasteiger partial charge is 0.128 e. The number of para-hydroxylation sites is 1. The van der Waals surface area contributed by atoms with E-state index >= 15 is 0 Å². The van der Waals surface area contributed by atoms with Crippen molar-refractivity contribution in [2.45, 2.75) is 6.92 Å². The Morgan fingerprint density at radius 2 is 1.47 bits per heavy atom. The van der Waals surface area contributed by atoms with E-state index in [4.69, 9.17) is 4.74 Å². The highest BCUT2D eigenvalue weighted by atomic mass is 32.1. The normalized spacial score (nSPS) is 13.4. The molecule has 3 heterocycles. The minimum Gasteiger partial charge on any atom is -0.496 e. The highest BCUT2D eigenvalue weighted by molar-refractivity contribution is 7.13. The molecule has 0 saturated carbocycles. The van der Waals surface area contributed by atoms with Gasteiger partial charge < -0.3 is 14.5 Å². The number of anilines is 2. The third-order valence-electron chi connectivity index (χ3n) is 7.62. The maximum absolute atomic E-state index is 5.62. The van der Waals surface area contributed by atoms with Crippen LogP contribution in [0.15, 0.2) is 78.9 Å². The summed E-state index contributed by atoms with van der Waals surface area (Å²) in [5.74, 6) is 0.863. The maximum Gasteiger partial charge on any atom is 0.128 e. The second kappa shape index (κ2) is 12.8. The average Bonchev–Trinajstić information content (AvgIpc) is 3.72. The topological polar surface area (TPSA) is 41.5 Å². The van der Waals surface area contributed by atoms with Crippen LogP contribution in [-0.4, -0.2) is 43.0 Å². The van der Waals surface area contributed by atoms with Crippen molar-refractivity contribution < 1.29 is 4.74 Å². The van der Waals surface area contributed by atoms with Gasteiger partial charge in [-0.15, -0.1) is 11.3 Å². The molecule has 2 aromatic heterocycles. The van der Waals surface area contributed by atoms with Crippen molar-refractivity contribution in [1.29, 1.82) is 0 Å². The van der Waals surface area contributed by atoms with Crippen LogP contribution in [0.2, 0.25) is 0 Å². The molecule has 3 aromatic carbocycles. The Morgan fingerprint density at radius 3 is 2.14 bits per heavy atom. The summed E-state index contributed by atoms with van der Waals surface area (Å²) >= 11 is 3.01. The number of likely N-dealkylation sites (N-methyl/N-ethyl adjacent to an activating group) is 1. The van der Waals surface area contributed by atoms with Gasteiger partial charge in [0.2, 0.25) is 0 Å². The van der Waals surface area contributed by atoms with E-state index in [0.717, 1.165) is 52.3 Å². The van der Waals surface area contributed by atoms with E-state index in [-0.39, 0.29) is 0 Å². The largest absolute Gasteiger partial charge is 0.496 e. The van der Waals surface area contributed by atoms with Crippen molar-refractivity contribution in [2.24, 2.45) is 0 Å². The minimum absolute atomic E-state index is 0.863. The van der Waals surface area contributed by atoms with Gasteiger partial charge >= 0.3 is 0 Å². The molecule has 0 spiro atoms. The second-order valence-electron chi connectivity index (χ2n) is 10.5. The number of hydrogen-bond donors (Lipinski definition) is 0. The molecule has 0 atom stereocenters. The highest BCUT2D eigenvalue weighted by Gasteiger charge is 2.16. The van der Waals surface area contributed by atoms with Crippen LogP contribution in [0.3, 0.4) is 0 Å². The zero-order chi connectivity index (χ0) is 29.8. The Balaban J connectivity index is 1.19. The lowest BCUT2D eigenvalue weighted by molar-refractivity contribution is 0.414. The number of aromatic nitrogens is 2. The Morgan fingerprint density at radius 1 is 0.814 bits per heavy atom. The van der Waals surface area contributed by atoms with Crippen LogP contribution >= 0.6 is 23.1 Å². The molecular formula is C36H34N4OS2. The predicted octanol–water partition coefficient (Wildman–Crippen LogP) is 9.10. The number of fused-ring (bicyclic) bond motifs is 2. The summed E-state index contributed by atoms with van der Waals surface area (Å²) in [7, 11) is 5.77. The molecule has 0 amide bonds. The lowest BCUT2D eigenvalue weighted by Crippen LogP contribution is -2.26. The molecule has 0 fully saturated rings. The first-order valence-corrected chi connectivity index (χ1v) is 15.9. The number of hydrogen-bond acceptors (Lipinski definition) is 7. The molecule has 1 aliphatic rings. The third-order valence-corrected chi connectivity index (χ3v) is 9.17. The monoisotopic (exact) mass is 602 g/mol. The van der Waals surface area contributed by atoms with E-state index in [2.05, 4.69) is 135 Å². The Hall–Kier alpha value is -4.46. The molecule has 0 radical (unpaired) electrons. The average molecular weight is 603 g/mol. The second-order valence-corrected chi connectivity index (χ2v) is 12.2. The summed E-state index contributed by atoms with van der Waals surface area (Å²) in [5.41, 5.74) is 9.99. The Bertz CT molecular complexity index is 1880. The molecule has 0 aliphatic carbocycles. The van der Waals surface area contributed by atoms with Crippen LogP contribution in [-0.2, 0) is 0 Å². The summed E-state index contributed by atoms with van der Waals surface area (Å²) < 4.78 is 14.9. The molecule has 0 bridgehead atoms. The van der Waals surface area contributed by atoms with Gasteiger partial charge in [-0.25, -0.2) is 0 Å². The lowest BCUT2D eigenvalue weighted by atomic mass is 9.97. The van der Waals surface area contributed by atoms with Crippen molar-refractivity contribution in [1.82, 2.24) is 8.75 Å². The van der Waals surface area contributed by atoms with Gasteiger partial charge in [0.25, 0.3) is 0 Å². The number of ether oxygens (including phenoxy) is 1. The first-order chi connectivity index (χ1) is 21.0. The summed E-state index contributed by atoms with van der Waals surface area (Å²) in [4.78, 5) is 6.82. The fourth-order valence-corrected chi connectivity index (χ4v) is 6.63. The Labute approximate surface area is 261 Å². The quantitative estimate of drug-likeness (QED) is 0.168. The van der Waals surface area contributed by atoms with Gasteiger partial charge in [-0.1, -0.05) is 54.6 Å². The summed E-state index contributed by atoms with van der Waals surface area (Å²) in [6, 6.07) is 23.5. The molecule has 7 heteroatoms. The van der Waals surface area contributed by atoms with E-state index in [1.165, 1.54) is 38.3 Å². The van der Waals surface area contributed by atoms with Gasteiger partial charge in [-0.2, -0.15) is 8.75 Å². The molecule has 216 valence electrons. The number of nitrogens with zero attached hydrogens (tertiary/aromatic N) is 4. The maximum atomic E-state index is 5.62. The fraction of sp³-hybridized carbons (Fsp3) is 0.167. The van der Waals surface area contributed by atoms with Crippen LogP contribution in [0.25, 0.3) is 47.0 Å². The van der Waals surface area contributed by atoms with E-state index in [1.54, 1.807) is 18.4 Å². The molecule has 0 saturated heterocycles. The lowest BCUT2D eigenvalue weighted by Gasteiger charge is -2.29. The summed E-state index contributed by atoms with van der Waals surface area (Å²) in [6.07, 6.45) is 15.2. The minimum atomic E-state index is 0.863. The zero-order valence-corrected chi connectivity index (χ0v) is 26.5. The number of methoxy groups -OCH3 is 1. The summed E-state index contributed by atoms with van der Waals surface area (Å²) in [6.45, 7) is 4.12. The third kappa shape index (κ3) is 6.19. The molecule has 5 nitrogen and oxygen atoms in total. The molecule has 0 N–H and O–H groups in total. The van der Waals surface area contributed by atoms with Gasteiger partial charge in [0.05, 0.1) is 18.8 Å². The van der Waals surface area contributed by atoms with E-state index in [1.807, 2.05) is 14.1 Å². The standard InChI is InChI=1S/C36H34N4OS2/c1-5-40-23-22-25(32-8-6-7-9-33(32)40)10-11-27-12-13-28(36-35(27)37-43-38-36)16-19-31-21-20-30(42-31)18-15-26-14-17-29(39(2)3)24-34(26)41-4/h6-22,24H,5,23H2,1-4H3/b11-10+,18-15+,19-16+. The Kier molecular flexibility index (Phi) is 8.54. The van der Waals surface area contributed by atoms with Gasteiger partial charge in [0, 0.05) is 76.6 Å². The molecule has 1 aliphatic heterocycles. The van der Waals surface area contributed by atoms with Crippen molar-refractivity contribution in [3.63, 3.8) is 0 Å². The van der Waals surface area contributed by atoms with E-state index < -0.39 is 0 Å². The first kappa shape index (κ1) is 28.6. The molecule has 43 heavy (non-hydrogen) atoms. The van der Waals surface area contributed by atoms with Crippen molar-refractivity contribution >= 4 is 81.4 Å². The zero-order valence-electron chi connectivity index (χ0n) is 24.8. The SMILES string of the molecule is CCN1CC=C(/C=C/c2ccc(/C=C/c3ccc(/C=C/c4ccc(N(C)C)cc4OC)s3)c3nsnc23)c2ccccc21. The van der Waals surface area contributed by atoms with Gasteiger partial charge in [-0.05, 0) is 61.1 Å². The van der Waals surface area contributed by atoms with Gasteiger partial charge in [0.1, 0.15) is 16.8 Å². The molecular weight excluding hydrogens is 569 g/mol. The molecule has 0 unspecified atom stereocenters. The fourth-order valence-electron chi connectivity index (χ4n) is 5.23. The first-order valence-electron chi connectivity index (χ1n) is 14.3. The number of thiophene rings is 1. The highest BCUT2D eigenvalue weighted by Crippen LogP contribution is 2.33. The number of benzene rings is 3.